The largest absolute Gasteiger partial charge is 0.487 e. The van der Waals surface area contributed by atoms with Crippen LogP contribution >= 0.6 is 11.6 Å². The minimum Gasteiger partial charge on any atom is -0.487 e. The second-order valence-electron chi connectivity index (χ2n) is 5.24. The van der Waals surface area contributed by atoms with E-state index in [1.165, 1.54) is 0 Å². The summed E-state index contributed by atoms with van der Waals surface area (Å²) < 4.78 is 11.9. The van der Waals surface area contributed by atoms with E-state index in [-0.39, 0.29) is 18.2 Å². The molecule has 0 bridgehead atoms. The molecule has 2 heterocycles. The first kappa shape index (κ1) is 12.3. The van der Waals surface area contributed by atoms with Crippen LogP contribution in [0.15, 0.2) is 18.2 Å². The minimum absolute atomic E-state index is 0.0167. The summed E-state index contributed by atoms with van der Waals surface area (Å²) in [7, 11) is 0. The molecule has 2 aliphatic heterocycles. The van der Waals surface area contributed by atoms with Crippen LogP contribution in [0.3, 0.4) is 0 Å². The molecule has 18 heavy (non-hydrogen) atoms. The lowest BCUT2D eigenvalue weighted by Crippen LogP contribution is -2.38. The predicted molar refractivity (Wildman–Crippen MR) is 71.0 cm³/mol. The van der Waals surface area contributed by atoms with Gasteiger partial charge in [-0.05, 0) is 38.0 Å². The molecule has 1 fully saturated rings. The van der Waals surface area contributed by atoms with Crippen molar-refractivity contribution in [3.63, 3.8) is 0 Å². The Hall–Kier alpha value is -0.770. The Labute approximate surface area is 112 Å². The first-order valence-corrected chi connectivity index (χ1v) is 6.88. The Morgan fingerprint density at radius 1 is 1.28 bits per heavy atom. The topological polar surface area (TPSA) is 44.5 Å². The van der Waals surface area contributed by atoms with Gasteiger partial charge in [0.1, 0.15) is 11.9 Å². The molecule has 1 saturated heterocycles. The molecule has 0 aliphatic carbocycles. The van der Waals surface area contributed by atoms with Crippen LogP contribution < -0.4 is 10.5 Å². The maximum atomic E-state index is 6.21. The summed E-state index contributed by atoms with van der Waals surface area (Å²) in [6.45, 7) is 2.11. The Morgan fingerprint density at radius 3 is 2.83 bits per heavy atom. The molecule has 2 aliphatic rings. The molecule has 0 radical (unpaired) electrons. The number of rotatable bonds is 1. The van der Waals surface area contributed by atoms with E-state index in [4.69, 9.17) is 26.8 Å². The van der Waals surface area contributed by atoms with Gasteiger partial charge in [-0.3, -0.25) is 0 Å². The molecule has 0 saturated carbocycles. The molecular weight excluding hydrogens is 250 g/mol. The van der Waals surface area contributed by atoms with Gasteiger partial charge in [0, 0.05) is 23.0 Å². The highest BCUT2D eigenvalue weighted by atomic mass is 35.5. The monoisotopic (exact) mass is 267 g/mol. The third-order valence-electron chi connectivity index (χ3n) is 3.82. The number of nitrogens with two attached hydrogens (primary N) is 1. The summed E-state index contributed by atoms with van der Waals surface area (Å²) in [6.07, 6.45) is 3.54. The Morgan fingerprint density at radius 2 is 2.11 bits per heavy atom. The molecule has 1 aromatic carbocycles. The van der Waals surface area contributed by atoms with Crippen LogP contribution in [0.25, 0.3) is 0 Å². The molecular formula is C14H18ClNO2. The molecule has 4 atom stereocenters. The number of hydrogen-bond acceptors (Lipinski definition) is 3. The summed E-state index contributed by atoms with van der Waals surface area (Å²) in [6, 6.07) is 5.63. The summed E-state index contributed by atoms with van der Waals surface area (Å²) in [5.74, 6) is 0.853. The lowest BCUT2D eigenvalue weighted by atomic mass is 9.94. The molecule has 98 valence electrons. The van der Waals surface area contributed by atoms with Gasteiger partial charge in [0.2, 0.25) is 0 Å². The zero-order chi connectivity index (χ0) is 12.7. The average molecular weight is 268 g/mol. The summed E-state index contributed by atoms with van der Waals surface area (Å²) >= 11 is 5.99. The number of halogens is 1. The molecule has 3 rings (SSSR count). The van der Waals surface area contributed by atoms with Gasteiger partial charge < -0.3 is 15.2 Å². The van der Waals surface area contributed by atoms with Gasteiger partial charge in [-0.1, -0.05) is 11.6 Å². The molecule has 3 unspecified atom stereocenters. The standard InChI is InChI=1S/C14H18ClNO2/c1-8-2-4-13(17-8)14-7-11(16)10-6-9(15)3-5-12(10)18-14/h3,5-6,8,11,13-14H,2,4,7,16H2,1H3/t8?,11-,13?,14?/m0/s1. The maximum Gasteiger partial charge on any atom is 0.127 e. The quantitative estimate of drug-likeness (QED) is 0.851. The van der Waals surface area contributed by atoms with Crippen LogP contribution in [0, 0.1) is 0 Å². The van der Waals surface area contributed by atoms with Crippen molar-refractivity contribution in [3.05, 3.63) is 28.8 Å². The van der Waals surface area contributed by atoms with E-state index >= 15 is 0 Å². The van der Waals surface area contributed by atoms with Crippen molar-refractivity contribution in [1.29, 1.82) is 0 Å². The van der Waals surface area contributed by atoms with E-state index in [1.807, 2.05) is 18.2 Å². The fraction of sp³-hybridized carbons (Fsp3) is 0.571. The van der Waals surface area contributed by atoms with Crippen molar-refractivity contribution in [1.82, 2.24) is 0 Å². The van der Waals surface area contributed by atoms with Gasteiger partial charge in [0.25, 0.3) is 0 Å². The Kier molecular flexibility index (Phi) is 3.22. The fourth-order valence-corrected chi connectivity index (χ4v) is 3.02. The number of ether oxygens (including phenoxy) is 2. The van der Waals surface area contributed by atoms with E-state index in [2.05, 4.69) is 6.92 Å². The van der Waals surface area contributed by atoms with Gasteiger partial charge in [0.15, 0.2) is 0 Å². The van der Waals surface area contributed by atoms with Crippen molar-refractivity contribution in [2.45, 2.75) is 50.5 Å². The van der Waals surface area contributed by atoms with E-state index in [9.17, 15) is 0 Å². The first-order valence-electron chi connectivity index (χ1n) is 6.50. The van der Waals surface area contributed by atoms with E-state index in [1.54, 1.807) is 0 Å². The fourth-order valence-electron chi connectivity index (χ4n) is 2.84. The normalized spacial score (nSPS) is 35.1. The highest BCUT2D eigenvalue weighted by molar-refractivity contribution is 6.30. The Bertz CT molecular complexity index is 451. The maximum absolute atomic E-state index is 6.21. The molecule has 3 nitrogen and oxygen atoms in total. The summed E-state index contributed by atoms with van der Waals surface area (Å²) in [5.41, 5.74) is 7.22. The number of benzene rings is 1. The zero-order valence-corrected chi connectivity index (χ0v) is 11.2. The van der Waals surface area contributed by atoms with Crippen LogP contribution in [0.1, 0.15) is 37.8 Å². The molecule has 0 aromatic heterocycles. The Balaban J connectivity index is 1.81. The third kappa shape index (κ3) is 2.22. The van der Waals surface area contributed by atoms with Crippen molar-refractivity contribution >= 4 is 11.6 Å². The number of fused-ring (bicyclic) bond motifs is 1. The molecule has 4 heteroatoms. The van der Waals surface area contributed by atoms with E-state index in [0.717, 1.165) is 30.6 Å². The van der Waals surface area contributed by atoms with Crippen molar-refractivity contribution in [2.75, 3.05) is 0 Å². The van der Waals surface area contributed by atoms with Gasteiger partial charge in [0.05, 0.1) is 12.2 Å². The van der Waals surface area contributed by atoms with E-state index in [0.29, 0.717) is 11.1 Å². The van der Waals surface area contributed by atoms with Gasteiger partial charge >= 0.3 is 0 Å². The average Bonchev–Trinajstić information content (AvgIpc) is 2.77. The molecule has 0 amide bonds. The van der Waals surface area contributed by atoms with Crippen LogP contribution in [0.2, 0.25) is 5.02 Å². The third-order valence-corrected chi connectivity index (χ3v) is 4.05. The second kappa shape index (κ2) is 4.72. The smallest absolute Gasteiger partial charge is 0.127 e. The van der Waals surface area contributed by atoms with E-state index < -0.39 is 0 Å². The highest BCUT2D eigenvalue weighted by Gasteiger charge is 2.36. The minimum atomic E-state index is -0.0167. The lowest BCUT2D eigenvalue weighted by Gasteiger charge is -2.33. The predicted octanol–water partition coefficient (Wildman–Crippen LogP) is 3.06. The van der Waals surface area contributed by atoms with Crippen LogP contribution in [-0.4, -0.2) is 18.3 Å². The van der Waals surface area contributed by atoms with Crippen LogP contribution in [0.5, 0.6) is 5.75 Å². The SMILES string of the molecule is CC1CCC(C2C[C@H](N)c3cc(Cl)ccc3O2)O1. The van der Waals surface area contributed by atoms with Crippen molar-refractivity contribution in [3.8, 4) is 5.75 Å². The van der Waals surface area contributed by atoms with Crippen LogP contribution in [0.4, 0.5) is 0 Å². The highest BCUT2D eigenvalue weighted by Crippen LogP contribution is 2.38. The molecule has 2 N–H and O–H groups in total. The summed E-state index contributed by atoms with van der Waals surface area (Å²) in [4.78, 5) is 0. The van der Waals surface area contributed by atoms with Crippen molar-refractivity contribution < 1.29 is 9.47 Å². The lowest BCUT2D eigenvalue weighted by molar-refractivity contribution is -0.0281. The zero-order valence-electron chi connectivity index (χ0n) is 10.4. The van der Waals surface area contributed by atoms with Crippen molar-refractivity contribution in [2.24, 2.45) is 5.73 Å². The second-order valence-corrected chi connectivity index (χ2v) is 5.68. The van der Waals surface area contributed by atoms with Gasteiger partial charge in [-0.2, -0.15) is 0 Å². The van der Waals surface area contributed by atoms with Gasteiger partial charge in [-0.15, -0.1) is 0 Å². The summed E-state index contributed by atoms with van der Waals surface area (Å²) in [5, 5.41) is 0.706. The first-order chi connectivity index (χ1) is 8.63. The molecule has 0 spiro atoms. The van der Waals surface area contributed by atoms with Crippen LogP contribution in [-0.2, 0) is 4.74 Å². The molecule has 1 aromatic rings. The van der Waals surface area contributed by atoms with Gasteiger partial charge in [-0.25, -0.2) is 0 Å². The number of hydrogen-bond donors (Lipinski definition) is 1.